The fourth-order valence-corrected chi connectivity index (χ4v) is 2.27. The Bertz CT molecular complexity index is 732. The van der Waals surface area contributed by atoms with Crippen LogP contribution in [0, 0.1) is 0 Å². The number of hydrogen-bond acceptors (Lipinski definition) is 4. The summed E-state index contributed by atoms with van der Waals surface area (Å²) in [5, 5.41) is 3.17. The van der Waals surface area contributed by atoms with Crippen LogP contribution in [0.5, 0.6) is 0 Å². The molecule has 102 valence electrons. The Morgan fingerprint density at radius 3 is 2.80 bits per heavy atom. The van der Waals surface area contributed by atoms with Gasteiger partial charge in [-0.3, -0.25) is 4.98 Å². The normalized spacial score (nSPS) is 10.9. The quantitative estimate of drug-likeness (QED) is 0.788. The van der Waals surface area contributed by atoms with E-state index >= 15 is 0 Å². The molecule has 2 heterocycles. The number of fused-ring (bicyclic) bond motifs is 1. The van der Waals surface area contributed by atoms with E-state index in [-0.39, 0.29) is 0 Å². The minimum atomic E-state index is 0.678. The Morgan fingerprint density at radius 1 is 1.15 bits per heavy atom. The topological polar surface area (TPSA) is 55.6 Å². The van der Waals surface area contributed by atoms with Crippen molar-refractivity contribution in [3.8, 4) is 0 Å². The molecule has 0 amide bonds. The van der Waals surface area contributed by atoms with Crippen LogP contribution in [0.1, 0.15) is 18.4 Å². The third kappa shape index (κ3) is 2.34. The van der Waals surface area contributed by atoms with Crippen molar-refractivity contribution < 1.29 is 0 Å². The van der Waals surface area contributed by atoms with Crippen LogP contribution in [0.4, 0.5) is 5.82 Å². The van der Waals surface area contributed by atoms with E-state index in [4.69, 9.17) is 0 Å². The van der Waals surface area contributed by atoms with Crippen LogP contribution in [0.3, 0.4) is 0 Å². The summed E-state index contributed by atoms with van der Waals surface area (Å²) in [4.78, 5) is 13.4. The largest absolute Gasteiger partial charge is 0.369 e. The minimum Gasteiger partial charge on any atom is -0.369 e. The van der Waals surface area contributed by atoms with Crippen LogP contribution in [-0.2, 0) is 13.5 Å². The molecule has 0 radical (unpaired) electrons. The molecule has 1 aromatic carbocycles. The lowest BCUT2D eigenvalue weighted by Gasteiger charge is -2.05. The van der Waals surface area contributed by atoms with Crippen LogP contribution in [0.25, 0.3) is 11.0 Å². The number of anilines is 1. The highest BCUT2D eigenvalue weighted by Crippen LogP contribution is 2.16. The van der Waals surface area contributed by atoms with E-state index in [1.807, 2.05) is 32.2 Å². The number of aromatic nitrogens is 4. The maximum Gasteiger partial charge on any atom is 0.144 e. The Balaban J connectivity index is 1.93. The van der Waals surface area contributed by atoms with Gasteiger partial charge in [0.2, 0.25) is 0 Å². The zero-order valence-electron chi connectivity index (χ0n) is 11.7. The molecule has 20 heavy (non-hydrogen) atoms. The highest BCUT2D eigenvalue weighted by molar-refractivity contribution is 5.75. The lowest BCUT2D eigenvalue weighted by molar-refractivity contribution is 0.828. The van der Waals surface area contributed by atoms with Gasteiger partial charge in [-0.15, -0.1) is 0 Å². The molecule has 3 rings (SSSR count). The van der Waals surface area contributed by atoms with E-state index in [9.17, 15) is 0 Å². The summed E-state index contributed by atoms with van der Waals surface area (Å²) in [6.07, 6.45) is 4.21. The molecule has 5 nitrogen and oxygen atoms in total. The van der Waals surface area contributed by atoms with Crippen molar-refractivity contribution in [2.75, 3.05) is 11.9 Å². The van der Waals surface area contributed by atoms with E-state index in [0.717, 1.165) is 34.9 Å². The Morgan fingerprint density at radius 2 is 2.00 bits per heavy atom. The Kier molecular flexibility index (Phi) is 3.33. The van der Waals surface area contributed by atoms with Crippen molar-refractivity contribution in [1.29, 1.82) is 0 Å². The molecule has 0 atom stereocenters. The lowest BCUT2D eigenvalue weighted by Crippen LogP contribution is -2.05. The summed E-state index contributed by atoms with van der Waals surface area (Å²) in [6, 6.07) is 8.14. The molecule has 5 heteroatoms. The van der Waals surface area contributed by atoms with Crippen molar-refractivity contribution in [3.05, 3.63) is 48.2 Å². The molecule has 0 bridgehead atoms. The second-order valence-corrected chi connectivity index (χ2v) is 4.68. The van der Waals surface area contributed by atoms with Crippen LogP contribution >= 0.6 is 0 Å². The average Bonchev–Trinajstić information content (AvgIpc) is 2.77. The van der Waals surface area contributed by atoms with Gasteiger partial charge < -0.3 is 9.88 Å². The minimum absolute atomic E-state index is 0.678. The van der Waals surface area contributed by atoms with Gasteiger partial charge >= 0.3 is 0 Å². The van der Waals surface area contributed by atoms with Crippen LogP contribution < -0.4 is 5.32 Å². The fourth-order valence-electron chi connectivity index (χ4n) is 2.27. The Labute approximate surface area is 117 Å². The van der Waals surface area contributed by atoms with E-state index in [2.05, 4.69) is 30.9 Å². The molecule has 2 aromatic heterocycles. The number of imidazole rings is 1. The maximum absolute atomic E-state index is 4.66. The molecule has 0 saturated carbocycles. The standard InChI is InChI=1S/C15H17N5/c1-3-17-14-10-16-9-11(18-14)8-15-19-12-6-4-5-7-13(12)20(15)2/h4-7,9-10H,3,8H2,1-2H3,(H,17,18). The monoisotopic (exact) mass is 267 g/mol. The summed E-state index contributed by atoms with van der Waals surface area (Å²) in [6.45, 7) is 2.88. The van der Waals surface area contributed by atoms with Crippen molar-refractivity contribution in [2.24, 2.45) is 7.05 Å². The van der Waals surface area contributed by atoms with Crippen LogP contribution in [0.15, 0.2) is 36.7 Å². The fraction of sp³-hybridized carbons (Fsp3) is 0.267. The second-order valence-electron chi connectivity index (χ2n) is 4.68. The zero-order chi connectivity index (χ0) is 13.9. The highest BCUT2D eigenvalue weighted by atomic mass is 15.1. The van der Waals surface area contributed by atoms with Crippen LogP contribution in [-0.4, -0.2) is 26.1 Å². The predicted octanol–water partition coefficient (Wildman–Crippen LogP) is 2.39. The molecule has 1 N–H and O–H groups in total. The van der Waals surface area contributed by atoms with Gasteiger partial charge in [0.25, 0.3) is 0 Å². The van der Waals surface area contributed by atoms with Gasteiger partial charge in [0.1, 0.15) is 11.6 Å². The van der Waals surface area contributed by atoms with Crippen molar-refractivity contribution in [3.63, 3.8) is 0 Å². The van der Waals surface area contributed by atoms with Crippen molar-refractivity contribution in [1.82, 2.24) is 19.5 Å². The van der Waals surface area contributed by atoms with Gasteiger partial charge in [-0.05, 0) is 19.1 Å². The predicted molar refractivity (Wildman–Crippen MR) is 79.7 cm³/mol. The molecular formula is C15H17N5. The molecule has 0 unspecified atom stereocenters. The molecule has 0 aliphatic rings. The number of hydrogen-bond donors (Lipinski definition) is 1. The van der Waals surface area contributed by atoms with E-state index in [1.54, 1.807) is 12.4 Å². The zero-order valence-corrected chi connectivity index (χ0v) is 11.7. The summed E-state index contributed by atoms with van der Waals surface area (Å²) in [5.41, 5.74) is 3.07. The second kappa shape index (κ2) is 5.28. The first-order valence-electron chi connectivity index (χ1n) is 6.73. The van der Waals surface area contributed by atoms with Crippen LogP contribution in [0.2, 0.25) is 0 Å². The van der Waals surface area contributed by atoms with Crippen molar-refractivity contribution >= 4 is 16.9 Å². The lowest BCUT2D eigenvalue weighted by atomic mass is 10.3. The number of nitrogens with one attached hydrogen (secondary N) is 1. The van der Waals surface area contributed by atoms with Gasteiger partial charge in [-0.1, -0.05) is 12.1 Å². The molecule has 0 spiro atoms. The first-order valence-corrected chi connectivity index (χ1v) is 6.73. The SMILES string of the molecule is CCNc1cncc(Cc2nc3ccccc3n2C)n1. The summed E-state index contributed by atoms with van der Waals surface area (Å²) in [5.74, 6) is 1.80. The maximum atomic E-state index is 4.66. The average molecular weight is 267 g/mol. The van der Waals surface area contributed by atoms with Gasteiger partial charge in [-0.25, -0.2) is 9.97 Å². The molecule has 0 saturated heterocycles. The molecule has 0 aliphatic heterocycles. The summed E-state index contributed by atoms with van der Waals surface area (Å²) in [7, 11) is 2.03. The summed E-state index contributed by atoms with van der Waals surface area (Å²) < 4.78 is 2.11. The third-order valence-corrected chi connectivity index (χ3v) is 3.26. The molecule has 0 aliphatic carbocycles. The van der Waals surface area contributed by atoms with E-state index in [0.29, 0.717) is 6.42 Å². The Hall–Kier alpha value is -2.43. The first kappa shape index (κ1) is 12.6. The summed E-state index contributed by atoms with van der Waals surface area (Å²) >= 11 is 0. The number of rotatable bonds is 4. The number of para-hydroxylation sites is 2. The van der Waals surface area contributed by atoms with Crippen molar-refractivity contribution in [2.45, 2.75) is 13.3 Å². The number of aryl methyl sites for hydroxylation is 1. The highest BCUT2D eigenvalue weighted by Gasteiger charge is 2.09. The first-order chi connectivity index (χ1) is 9.78. The van der Waals surface area contributed by atoms with Gasteiger partial charge in [0.05, 0.1) is 22.9 Å². The van der Waals surface area contributed by atoms with Gasteiger partial charge in [0, 0.05) is 26.2 Å². The molecule has 3 aromatic rings. The number of benzene rings is 1. The van der Waals surface area contributed by atoms with Gasteiger partial charge in [-0.2, -0.15) is 0 Å². The smallest absolute Gasteiger partial charge is 0.144 e. The van der Waals surface area contributed by atoms with E-state index in [1.165, 1.54) is 0 Å². The third-order valence-electron chi connectivity index (χ3n) is 3.26. The number of nitrogens with zero attached hydrogens (tertiary/aromatic N) is 4. The molecular weight excluding hydrogens is 250 g/mol. The van der Waals surface area contributed by atoms with E-state index < -0.39 is 0 Å². The molecule has 0 fully saturated rings. The van der Waals surface area contributed by atoms with Gasteiger partial charge in [0.15, 0.2) is 0 Å².